The number of fused-ring (bicyclic) bond motifs is 2. The number of carbonyl (C=O) groups is 1. The van der Waals surface area contributed by atoms with E-state index in [1.807, 2.05) is 29.2 Å². The normalized spacial score (nSPS) is 16.4. The molecule has 4 aromatic rings. The van der Waals surface area contributed by atoms with Crippen molar-refractivity contribution in [3.8, 4) is 16.9 Å². The van der Waals surface area contributed by atoms with Crippen molar-refractivity contribution in [2.75, 3.05) is 31.1 Å². The van der Waals surface area contributed by atoms with Gasteiger partial charge in [-0.15, -0.1) is 0 Å². The molecule has 174 valence electrons. The molecule has 5 rings (SSSR count). The maximum absolute atomic E-state index is 15.9. The third-order valence-electron chi connectivity index (χ3n) is 6.20. The number of halogens is 2. The Labute approximate surface area is 204 Å². The molecule has 1 aliphatic heterocycles. The molecule has 0 spiro atoms. The number of amides is 1. The Kier molecular flexibility index (Phi) is 5.89. The van der Waals surface area contributed by atoms with Gasteiger partial charge in [-0.3, -0.25) is 4.79 Å². The van der Waals surface area contributed by atoms with Gasteiger partial charge in [0.15, 0.2) is 5.82 Å². The fraction of sp³-hybridized carbons (Fsp3) is 0.200. The van der Waals surface area contributed by atoms with Crippen LogP contribution in [0.15, 0.2) is 55.1 Å². The zero-order chi connectivity index (χ0) is 24.0. The number of phenols is 1. The summed E-state index contributed by atoms with van der Waals surface area (Å²) in [5.74, 6) is -0.768. The minimum Gasteiger partial charge on any atom is -0.508 e. The van der Waals surface area contributed by atoms with Crippen LogP contribution in [0.25, 0.3) is 32.8 Å². The molecule has 0 radical (unpaired) electrons. The fourth-order valence-electron chi connectivity index (χ4n) is 4.58. The van der Waals surface area contributed by atoms with Crippen LogP contribution in [-0.4, -0.2) is 57.7 Å². The van der Waals surface area contributed by atoms with Gasteiger partial charge < -0.3 is 20.0 Å². The van der Waals surface area contributed by atoms with Crippen molar-refractivity contribution in [1.82, 2.24) is 9.27 Å². The number of anilines is 1. The van der Waals surface area contributed by atoms with Gasteiger partial charge in [-0.2, -0.15) is 4.37 Å². The minimum absolute atomic E-state index is 0.0187. The Morgan fingerprint density at radius 1 is 1.26 bits per heavy atom. The molecule has 34 heavy (non-hydrogen) atoms. The van der Waals surface area contributed by atoms with Crippen molar-refractivity contribution in [2.45, 2.75) is 6.04 Å². The van der Waals surface area contributed by atoms with Crippen molar-refractivity contribution < 1.29 is 19.4 Å². The molecule has 0 saturated carbocycles. The molecule has 1 fully saturated rings. The number of aliphatic hydroxyl groups is 1. The molecular weight excluding hydrogens is 477 g/mol. The number of piperazine rings is 1. The summed E-state index contributed by atoms with van der Waals surface area (Å²) in [6.07, 6.45) is 1.24. The molecule has 2 N–H and O–H groups in total. The Morgan fingerprint density at radius 2 is 2.06 bits per heavy atom. The third-order valence-corrected chi connectivity index (χ3v) is 7.42. The second-order valence-corrected chi connectivity index (χ2v) is 9.32. The minimum atomic E-state index is -0.556. The van der Waals surface area contributed by atoms with Crippen LogP contribution in [0.4, 0.5) is 9.39 Å². The van der Waals surface area contributed by atoms with E-state index in [1.54, 1.807) is 17.0 Å². The van der Waals surface area contributed by atoms with Crippen LogP contribution in [0.3, 0.4) is 0 Å². The summed E-state index contributed by atoms with van der Waals surface area (Å²) in [4.78, 5) is 15.7. The monoisotopic (exact) mass is 497 g/mol. The summed E-state index contributed by atoms with van der Waals surface area (Å²) >= 11 is 7.79. The second kappa shape index (κ2) is 8.87. The van der Waals surface area contributed by atoms with Gasteiger partial charge in [-0.25, -0.2) is 4.39 Å². The maximum Gasteiger partial charge on any atom is 0.246 e. The van der Waals surface area contributed by atoms with E-state index in [2.05, 4.69) is 11.0 Å². The summed E-state index contributed by atoms with van der Waals surface area (Å²) in [6, 6.07) is 11.8. The summed E-state index contributed by atoms with van der Waals surface area (Å²) < 4.78 is 20.3. The fourth-order valence-corrected chi connectivity index (χ4v) is 5.76. The molecule has 1 aromatic heterocycles. The summed E-state index contributed by atoms with van der Waals surface area (Å²) in [6.45, 7) is 4.62. The highest BCUT2D eigenvalue weighted by atomic mass is 35.5. The Balaban J connectivity index is 1.59. The van der Waals surface area contributed by atoms with Crippen LogP contribution in [-0.2, 0) is 4.79 Å². The molecule has 1 aliphatic rings. The van der Waals surface area contributed by atoms with Crippen LogP contribution < -0.4 is 4.90 Å². The van der Waals surface area contributed by atoms with E-state index in [-0.39, 0.29) is 34.4 Å². The first-order valence-electron chi connectivity index (χ1n) is 10.7. The first kappa shape index (κ1) is 22.6. The first-order valence-corrected chi connectivity index (χ1v) is 11.9. The lowest BCUT2D eigenvalue weighted by atomic mass is 9.96. The van der Waals surface area contributed by atoms with Crippen LogP contribution in [0.1, 0.15) is 0 Å². The van der Waals surface area contributed by atoms with Crippen molar-refractivity contribution in [1.29, 1.82) is 0 Å². The van der Waals surface area contributed by atoms with Gasteiger partial charge in [-0.05, 0) is 52.1 Å². The van der Waals surface area contributed by atoms with Gasteiger partial charge in [0.2, 0.25) is 5.91 Å². The Hall–Kier alpha value is -3.20. The maximum atomic E-state index is 15.9. The molecule has 9 heteroatoms. The van der Waals surface area contributed by atoms with Crippen molar-refractivity contribution in [3.63, 3.8) is 0 Å². The van der Waals surface area contributed by atoms with E-state index in [0.717, 1.165) is 27.3 Å². The van der Waals surface area contributed by atoms with Gasteiger partial charge in [0.05, 0.1) is 17.7 Å². The predicted octanol–water partition coefficient (Wildman–Crippen LogP) is 4.81. The molecule has 0 aliphatic carbocycles. The van der Waals surface area contributed by atoms with E-state index >= 15 is 4.39 Å². The van der Waals surface area contributed by atoms with E-state index < -0.39 is 11.9 Å². The van der Waals surface area contributed by atoms with E-state index in [1.165, 1.54) is 12.1 Å². The van der Waals surface area contributed by atoms with E-state index in [0.29, 0.717) is 30.6 Å². The standard InChI is InChI=1S/C25H21ClFN3O3S/c1-2-21(33)30-8-7-29(12-15(30)13-31)25-19-11-20(26)22(23(27)24(19)28-34-25)18-10-16(32)9-14-5-3-4-6-17(14)18/h2-6,9-11,15,31-32H,1,7-8,12-13H2. The summed E-state index contributed by atoms with van der Waals surface area (Å²) in [5, 5.41) is 23.1. The largest absolute Gasteiger partial charge is 0.508 e. The SMILES string of the molecule is C=CC(=O)N1CCN(c2snc3c(F)c(-c4cc(O)cc5ccccc45)c(Cl)cc23)CC1CO. The average molecular weight is 498 g/mol. The van der Waals surface area contributed by atoms with Gasteiger partial charge in [-0.1, -0.05) is 42.4 Å². The molecule has 1 atom stereocenters. The highest BCUT2D eigenvalue weighted by Crippen LogP contribution is 2.44. The highest BCUT2D eigenvalue weighted by molar-refractivity contribution is 7.11. The molecule has 6 nitrogen and oxygen atoms in total. The lowest BCUT2D eigenvalue weighted by Gasteiger charge is -2.40. The molecule has 0 bridgehead atoms. The summed E-state index contributed by atoms with van der Waals surface area (Å²) in [7, 11) is 0. The predicted molar refractivity (Wildman–Crippen MR) is 134 cm³/mol. The third kappa shape index (κ3) is 3.68. The molecule has 1 amide bonds. The van der Waals surface area contributed by atoms with Crippen LogP contribution in [0.2, 0.25) is 5.02 Å². The van der Waals surface area contributed by atoms with Crippen molar-refractivity contribution in [3.05, 3.63) is 66.0 Å². The molecule has 2 heterocycles. The zero-order valence-corrected chi connectivity index (χ0v) is 19.6. The topological polar surface area (TPSA) is 76.9 Å². The highest BCUT2D eigenvalue weighted by Gasteiger charge is 2.31. The number of nitrogens with zero attached hydrogens (tertiary/aromatic N) is 3. The van der Waals surface area contributed by atoms with Gasteiger partial charge in [0, 0.05) is 30.6 Å². The van der Waals surface area contributed by atoms with Gasteiger partial charge in [0.1, 0.15) is 16.3 Å². The smallest absolute Gasteiger partial charge is 0.246 e. The number of aromatic hydroxyl groups is 1. The number of hydrogen-bond acceptors (Lipinski definition) is 6. The number of phenolic OH excluding ortho intramolecular Hbond substituents is 1. The number of hydrogen-bond donors (Lipinski definition) is 2. The zero-order valence-electron chi connectivity index (χ0n) is 18.0. The number of benzene rings is 3. The van der Waals surface area contributed by atoms with Crippen LogP contribution >= 0.6 is 23.1 Å². The Morgan fingerprint density at radius 3 is 2.82 bits per heavy atom. The lowest BCUT2D eigenvalue weighted by molar-refractivity contribution is -0.129. The number of carbonyl (C=O) groups excluding carboxylic acids is 1. The molecule has 1 saturated heterocycles. The van der Waals surface area contributed by atoms with Crippen LogP contribution in [0.5, 0.6) is 5.75 Å². The van der Waals surface area contributed by atoms with E-state index in [9.17, 15) is 15.0 Å². The Bertz CT molecular complexity index is 1440. The molecule has 3 aromatic carbocycles. The summed E-state index contributed by atoms with van der Waals surface area (Å²) in [5.41, 5.74) is 0.871. The van der Waals surface area contributed by atoms with Crippen molar-refractivity contribution >= 4 is 55.7 Å². The lowest BCUT2D eigenvalue weighted by Crippen LogP contribution is -2.56. The first-order chi connectivity index (χ1) is 16.4. The van der Waals surface area contributed by atoms with E-state index in [4.69, 9.17) is 11.6 Å². The quantitative estimate of drug-likeness (QED) is 0.396. The average Bonchev–Trinajstić information content (AvgIpc) is 3.27. The molecular formula is C25H21ClFN3O3S. The number of aromatic nitrogens is 1. The van der Waals surface area contributed by atoms with Crippen LogP contribution in [0, 0.1) is 5.82 Å². The van der Waals surface area contributed by atoms with Gasteiger partial charge in [0.25, 0.3) is 0 Å². The number of aliphatic hydroxyl groups excluding tert-OH is 1. The molecule has 1 unspecified atom stereocenters. The van der Waals surface area contributed by atoms with Crippen molar-refractivity contribution in [2.24, 2.45) is 0 Å². The van der Waals surface area contributed by atoms with Gasteiger partial charge >= 0.3 is 0 Å². The number of rotatable bonds is 4. The second-order valence-electron chi connectivity index (χ2n) is 8.16.